The highest BCUT2D eigenvalue weighted by atomic mass is 16.3. The molecule has 7 atom stereocenters. The number of fused-ring (bicyclic) bond motifs is 1. The monoisotopic (exact) mass is 488 g/mol. The highest BCUT2D eigenvalue weighted by molar-refractivity contribution is 5.94. The molecule has 4 rings (SSSR count). The Kier molecular flexibility index (Phi) is 7.75. The zero-order valence-corrected chi connectivity index (χ0v) is 21.3. The molecule has 7 nitrogen and oxygen atoms in total. The molecule has 3 N–H and O–H groups in total. The van der Waals surface area contributed by atoms with Gasteiger partial charge in [-0.15, -0.1) is 0 Å². The normalized spacial score (nSPS) is 30.4. The highest BCUT2D eigenvalue weighted by Crippen LogP contribution is 2.55. The molecular formula is C29H36N4O3. The summed E-state index contributed by atoms with van der Waals surface area (Å²) >= 11 is 0. The lowest BCUT2D eigenvalue weighted by Gasteiger charge is -2.56. The molecule has 0 aliphatic heterocycles. The van der Waals surface area contributed by atoms with Crippen molar-refractivity contribution in [3.63, 3.8) is 0 Å². The van der Waals surface area contributed by atoms with E-state index < -0.39 is 6.10 Å². The Morgan fingerprint density at radius 2 is 1.94 bits per heavy atom. The molecule has 2 aliphatic rings. The number of aromatic nitrogens is 1. The van der Waals surface area contributed by atoms with Gasteiger partial charge < -0.3 is 15.7 Å². The Hall–Kier alpha value is -3.24. The molecule has 0 radical (unpaired) electrons. The number of amides is 2. The van der Waals surface area contributed by atoms with Crippen molar-refractivity contribution in [2.45, 2.75) is 65.1 Å². The van der Waals surface area contributed by atoms with E-state index in [4.69, 9.17) is 5.26 Å². The van der Waals surface area contributed by atoms with Gasteiger partial charge in [-0.1, -0.05) is 26.8 Å². The van der Waals surface area contributed by atoms with E-state index in [2.05, 4.69) is 35.5 Å². The van der Waals surface area contributed by atoms with Gasteiger partial charge in [-0.25, -0.2) is 0 Å². The number of hydrogen-bond acceptors (Lipinski definition) is 5. The average Bonchev–Trinajstić information content (AvgIpc) is 2.89. The zero-order valence-electron chi connectivity index (χ0n) is 21.3. The lowest BCUT2D eigenvalue weighted by atomic mass is 9.51. The van der Waals surface area contributed by atoms with E-state index in [9.17, 15) is 14.7 Å². The van der Waals surface area contributed by atoms with Crippen molar-refractivity contribution in [2.75, 3.05) is 0 Å². The van der Waals surface area contributed by atoms with Crippen molar-refractivity contribution in [3.8, 4) is 6.07 Å². The molecule has 0 saturated heterocycles. The summed E-state index contributed by atoms with van der Waals surface area (Å²) in [6.07, 6.45) is 6.37. The summed E-state index contributed by atoms with van der Waals surface area (Å²) in [5.74, 6) is -0.612. The zero-order chi connectivity index (χ0) is 25.9. The maximum atomic E-state index is 13.0. The molecule has 36 heavy (non-hydrogen) atoms. The van der Waals surface area contributed by atoms with Gasteiger partial charge >= 0.3 is 0 Å². The topological polar surface area (TPSA) is 115 Å². The van der Waals surface area contributed by atoms with Gasteiger partial charge in [0.25, 0.3) is 5.91 Å². The Morgan fingerprint density at radius 3 is 2.61 bits per heavy atom. The second kappa shape index (κ2) is 10.8. The fraction of sp³-hybridized carbons (Fsp3) is 0.517. The second-order valence-corrected chi connectivity index (χ2v) is 10.9. The summed E-state index contributed by atoms with van der Waals surface area (Å²) in [6, 6.07) is 12.4. The molecular weight excluding hydrogens is 452 g/mol. The maximum Gasteiger partial charge on any atom is 0.251 e. The van der Waals surface area contributed by atoms with Crippen molar-refractivity contribution in [1.82, 2.24) is 15.6 Å². The van der Waals surface area contributed by atoms with Gasteiger partial charge in [0, 0.05) is 36.5 Å². The predicted octanol–water partition coefficient (Wildman–Crippen LogP) is 3.83. The molecule has 0 bridgehead atoms. The molecule has 1 heterocycles. The van der Waals surface area contributed by atoms with Crippen LogP contribution in [0.15, 0.2) is 48.8 Å². The molecule has 2 amide bonds. The number of carbonyl (C=O) groups excluding carboxylic acids is 2. The van der Waals surface area contributed by atoms with Crippen LogP contribution >= 0.6 is 0 Å². The molecule has 190 valence electrons. The van der Waals surface area contributed by atoms with Gasteiger partial charge in [-0.3, -0.25) is 14.6 Å². The van der Waals surface area contributed by atoms with Crippen molar-refractivity contribution in [3.05, 3.63) is 65.5 Å². The van der Waals surface area contributed by atoms with Crippen LogP contribution in [0.5, 0.6) is 0 Å². The van der Waals surface area contributed by atoms with Crippen LogP contribution in [0.3, 0.4) is 0 Å². The van der Waals surface area contributed by atoms with E-state index in [1.807, 2.05) is 19.1 Å². The molecule has 7 heteroatoms. The third kappa shape index (κ3) is 5.29. The molecule has 2 saturated carbocycles. The molecule has 2 aromatic rings. The Morgan fingerprint density at radius 1 is 1.22 bits per heavy atom. The van der Waals surface area contributed by atoms with Gasteiger partial charge in [0.2, 0.25) is 5.91 Å². The molecule has 2 aliphatic carbocycles. The second-order valence-electron chi connectivity index (χ2n) is 10.9. The fourth-order valence-electron chi connectivity index (χ4n) is 6.49. The first kappa shape index (κ1) is 25.8. The van der Waals surface area contributed by atoms with E-state index >= 15 is 0 Å². The fourth-order valence-corrected chi connectivity index (χ4v) is 6.49. The van der Waals surface area contributed by atoms with Crippen LogP contribution < -0.4 is 10.6 Å². The number of rotatable bonds is 6. The van der Waals surface area contributed by atoms with E-state index in [0.717, 1.165) is 31.2 Å². The standard InChI is InChI=1S/C29H36N4O3/c1-18(27(35)32-17-21-5-4-14-31-16-21)23-10-12-29(3)13-11-24(19(2)25(29)26(23)34)33-28(36)22-8-6-20(15-30)7-9-22/h4-9,14,16,18-19,23-26,34H,10-13,17H2,1-3H3,(H,32,35)(H,33,36)/t18-,19+,23+,24-,25+,26-,29-/m0/s1. The van der Waals surface area contributed by atoms with Crippen molar-refractivity contribution in [2.24, 2.45) is 29.1 Å². The van der Waals surface area contributed by atoms with E-state index in [-0.39, 0.29) is 46.9 Å². The number of aliphatic hydroxyl groups is 1. The van der Waals surface area contributed by atoms with E-state index in [1.54, 1.807) is 36.7 Å². The van der Waals surface area contributed by atoms with E-state index in [0.29, 0.717) is 17.7 Å². The number of nitrogens with one attached hydrogen (secondary N) is 2. The summed E-state index contributed by atoms with van der Waals surface area (Å²) in [5, 5.41) is 26.8. The predicted molar refractivity (Wildman–Crippen MR) is 136 cm³/mol. The number of hydrogen-bond donors (Lipinski definition) is 3. The molecule has 2 fully saturated rings. The highest BCUT2D eigenvalue weighted by Gasteiger charge is 2.53. The Bertz CT molecular complexity index is 1110. The summed E-state index contributed by atoms with van der Waals surface area (Å²) in [6.45, 7) is 6.69. The molecule has 0 unspecified atom stereocenters. The summed E-state index contributed by atoms with van der Waals surface area (Å²) in [5.41, 5.74) is 1.96. The minimum absolute atomic E-state index is 0.00941. The van der Waals surface area contributed by atoms with Gasteiger partial charge in [0.05, 0.1) is 17.7 Å². The third-order valence-corrected chi connectivity index (χ3v) is 8.73. The first-order valence-electron chi connectivity index (χ1n) is 12.9. The van der Waals surface area contributed by atoms with Crippen molar-refractivity contribution < 1.29 is 14.7 Å². The van der Waals surface area contributed by atoms with Crippen LogP contribution in [0, 0.1) is 40.4 Å². The lowest BCUT2D eigenvalue weighted by Crippen LogP contribution is -2.58. The van der Waals surface area contributed by atoms with Gasteiger partial charge in [-0.2, -0.15) is 5.26 Å². The molecule has 0 spiro atoms. The summed E-state index contributed by atoms with van der Waals surface area (Å²) in [4.78, 5) is 30.0. The third-order valence-electron chi connectivity index (χ3n) is 8.73. The van der Waals surface area contributed by atoms with Crippen LogP contribution in [0.1, 0.15) is 67.9 Å². The van der Waals surface area contributed by atoms with Crippen LogP contribution in [0.25, 0.3) is 0 Å². The first-order chi connectivity index (χ1) is 17.2. The minimum atomic E-state index is -0.618. The number of nitriles is 1. The SMILES string of the molecule is C[C@H]1[C@@H]2[C@@H](O)[C@@H]([C@H](C)C(=O)NCc3cccnc3)CC[C@@]2(C)CC[C@@H]1NC(=O)c1ccc(C#N)cc1. The van der Waals surface area contributed by atoms with Gasteiger partial charge in [-0.05, 0) is 84.7 Å². The smallest absolute Gasteiger partial charge is 0.251 e. The van der Waals surface area contributed by atoms with Gasteiger partial charge in [0.1, 0.15) is 0 Å². The summed E-state index contributed by atoms with van der Waals surface area (Å²) < 4.78 is 0. The molecule has 1 aromatic carbocycles. The van der Waals surface area contributed by atoms with Crippen molar-refractivity contribution in [1.29, 1.82) is 5.26 Å². The Labute approximate surface area is 213 Å². The number of nitrogens with zero attached hydrogens (tertiary/aromatic N) is 2. The number of pyridine rings is 1. The lowest BCUT2D eigenvalue weighted by molar-refractivity contribution is -0.142. The van der Waals surface area contributed by atoms with Crippen LogP contribution in [-0.4, -0.2) is 34.1 Å². The summed E-state index contributed by atoms with van der Waals surface area (Å²) in [7, 11) is 0. The van der Waals surface area contributed by atoms with Crippen molar-refractivity contribution >= 4 is 11.8 Å². The van der Waals surface area contributed by atoms with Crippen LogP contribution in [0.4, 0.5) is 0 Å². The number of carbonyl (C=O) groups is 2. The van der Waals surface area contributed by atoms with Gasteiger partial charge in [0.15, 0.2) is 0 Å². The maximum absolute atomic E-state index is 13.0. The first-order valence-corrected chi connectivity index (χ1v) is 12.9. The minimum Gasteiger partial charge on any atom is -0.392 e. The average molecular weight is 489 g/mol. The number of benzene rings is 1. The van der Waals surface area contributed by atoms with Crippen LogP contribution in [0.2, 0.25) is 0 Å². The molecule has 1 aromatic heterocycles. The van der Waals surface area contributed by atoms with Crippen LogP contribution in [-0.2, 0) is 11.3 Å². The number of aliphatic hydroxyl groups excluding tert-OH is 1. The largest absolute Gasteiger partial charge is 0.392 e. The van der Waals surface area contributed by atoms with E-state index in [1.165, 1.54) is 0 Å². The Balaban J connectivity index is 1.42. The quantitative estimate of drug-likeness (QED) is 0.572.